The van der Waals surface area contributed by atoms with Crippen molar-refractivity contribution in [2.45, 2.75) is 26.7 Å². The van der Waals surface area contributed by atoms with Gasteiger partial charge in [0.1, 0.15) is 0 Å². The quantitative estimate of drug-likeness (QED) is 0.798. The van der Waals surface area contributed by atoms with Gasteiger partial charge in [0.2, 0.25) is 0 Å². The van der Waals surface area contributed by atoms with E-state index in [1.54, 1.807) is 16.2 Å². The summed E-state index contributed by atoms with van der Waals surface area (Å²) in [6.45, 7) is 5.24. The molecule has 4 nitrogen and oxygen atoms in total. The maximum atomic E-state index is 12.4. The highest BCUT2D eigenvalue weighted by Crippen LogP contribution is 2.26. The smallest absolute Gasteiger partial charge is 0.310 e. The van der Waals surface area contributed by atoms with E-state index in [0.29, 0.717) is 19.5 Å². The second kappa shape index (κ2) is 5.74. The first-order valence-corrected chi connectivity index (χ1v) is 7.34. The third-order valence-electron chi connectivity index (χ3n) is 3.62. The number of aryl methyl sites for hydroxylation is 2. The van der Waals surface area contributed by atoms with E-state index in [0.717, 1.165) is 11.3 Å². The van der Waals surface area contributed by atoms with E-state index in [-0.39, 0.29) is 17.8 Å². The molecule has 0 N–H and O–H groups in total. The Balaban J connectivity index is 2.06. The van der Waals surface area contributed by atoms with Gasteiger partial charge in [-0.15, -0.1) is 11.3 Å². The summed E-state index contributed by atoms with van der Waals surface area (Å²) in [7, 11) is 1.39. The number of likely N-dealkylation sites (tertiary alicyclic amines) is 1. The maximum absolute atomic E-state index is 12.4. The minimum atomic E-state index is -0.216. The van der Waals surface area contributed by atoms with E-state index in [1.165, 1.54) is 17.6 Å². The van der Waals surface area contributed by atoms with Crippen LogP contribution in [0.15, 0.2) is 6.07 Å². The highest BCUT2D eigenvalue weighted by Gasteiger charge is 2.32. The number of methoxy groups -OCH3 is 1. The Hall–Kier alpha value is -1.36. The lowest BCUT2D eigenvalue weighted by atomic mass is 10.1. The van der Waals surface area contributed by atoms with Gasteiger partial charge < -0.3 is 9.64 Å². The SMILES string of the molecule is CCc1cc(C(=O)N2CCC(C(=O)OC)C2)sc1C. The molecule has 1 aliphatic heterocycles. The van der Waals surface area contributed by atoms with E-state index in [1.807, 2.05) is 13.0 Å². The summed E-state index contributed by atoms with van der Waals surface area (Å²) in [4.78, 5) is 27.6. The fraction of sp³-hybridized carbons (Fsp3) is 0.571. The summed E-state index contributed by atoms with van der Waals surface area (Å²) in [6, 6.07) is 1.98. The van der Waals surface area contributed by atoms with Gasteiger partial charge in [-0.25, -0.2) is 0 Å². The Morgan fingerprint density at radius 2 is 2.26 bits per heavy atom. The molecule has 1 amide bonds. The normalized spacial score (nSPS) is 18.7. The molecule has 1 fully saturated rings. The van der Waals surface area contributed by atoms with Crippen molar-refractivity contribution >= 4 is 23.2 Å². The van der Waals surface area contributed by atoms with Crippen molar-refractivity contribution in [3.05, 3.63) is 21.4 Å². The van der Waals surface area contributed by atoms with Crippen molar-refractivity contribution < 1.29 is 14.3 Å². The van der Waals surface area contributed by atoms with E-state index in [9.17, 15) is 9.59 Å². The summed E-state index contributed by atoms with van der Waals surface area (Å²) in [5.74, 6) is -0.341. The zero-order valence-electron chi connectivity index (χ0n) is 11.6. The molecule has 104 valence electrons. The van der Waals surface area contributed by atoms with Gasteiger partial charge in [-0.1, -0.05) is 6.92 Å². The molecule has 2 rings (SSSR count). The number of esters is 1. The van der Waals surface area contributed by atoms with Gasteiger partial charge in [-0.3, -0.25) is 9.59 Å². The molecule has 0 radical (unpaired) electrons. The molecular formula is C14H19NO3S. The van der Waals surface area contributed by atoms with Crippen molar-refractivity contribution in [2.24, 2.45) is 5.92 Å². The predicted octanol–water partition coefficient (Wildman–Crippen LogP) is 2.25. The molecule has 1 atom stereocenters. The van der Waals surface area contributed by atoms with Crippen LogP contribution in [0.5, 0.6) is 0 Å². The molecule has 1 aromatic heterocycles. The van der Waals surface area contributed by atoms with Crippen LogP contribution in [-0.2, 0) is 16.0 Å². The Morgan fingerprint density at radius 1 is 1.53 bits per heavy atom. The largest absolute Gasteiger partial charge is 0.469 e. The molecule has 1 saturated heterocycles. The fourth-order valence-corrected chi connectivity index (χ4v) is 3.52. The average Bonchev–Trinajstić information content (AvgIpc) is 3.03. The summed E-state index contributed by atoms with van der Waals surface area (Å²) in [5.41, 5.74) is 1.23. The number of hydrogen-bond donors (Lipinski definition) is 0. The minimum Gasteiger partial charge on any atom is -0.469 e. The fourth-order valence-electron chi connectivity index (χ4n) is 2.44. The van der Waals surface area contributed by atoms with Crippen LogP contribution in [0.2, 0.25) is 0 Å². The van der Waals surface area contributed by atoms with Gasteiger partial charge in [0.05, 0.1) is 17.9 Å². The number of rotatable bonds is 3. The lowest BCUT2D eigenvalue weighted by Crippen LogP contribution is -2.29. The molecular weight excluding hydrogens is 262 g/mol. The van der Waals surface area contributed by atoms with E-state index in [2.05, 4.69) is 6.92 Å². The van der Waals surface area contributed by atoms with Gasteiger partial charge >= 0.3 is 5.97 Å². The number of thiophene rings is 1. The second-order valence-electron chi connectivity index (χ2n) is 4.81. The molecule has 0 saturated carbocycles. The molecule has 0 aliphatic carbocycles. The molecule has 1 unspecified atom stereocenters. The van der Waals surface area contributed by atoms with Crippen molar-refractivity contribution in [2.75, 3.05) is 20.2 Å². The molecule has 0 aromatic carbocycles. The first-order valence-electron chi connectivity index (χ1n) is 6.53. The van der Waals surface area contributed by atoms with Crippen molar-refractivity contribution in [3.63, 3.8) is 0 Å². The number of carbonyl (C=O) groups excluding carboxylic acids is 2. The molecule has 5 heteroatoms. The van der Waals surface area contributed by atoms with Gasteiger partial charge in [0.25, 0.3) is 5.91 Å². The lowest BCUT2D eigenvalue weighted by molar-refractivity contribution is -0.144. The Morgan fingerprint density at radius 3 is 2.84 bits per heavy atom. The van der Waals surface area contributed by atoms with Crippen molar-refractivity contribution in [1.29, 1.82) is 0 Å². The zero-order valence-corrected chi connectivity index (χ0v) is 12.4. The van der Waals surface area contributed by atoms with Crippen molar-refractivity contribution in [1.82, 2.24) is 4.90 Å². The van der Waals surface area contributed by atoms with E-state index < -0.39 is 0 Å². The van der Waals surface area contributed by atoms with Crippen LogP contribution in [0.25, 0.3) is 0 Å². The maximum Gasteiger partial charge on any atom is 0.310 e. The van der Waals surface area contributed by atoms with Gasteiger partial charge in [-0.05, 0) is 31.4 Å². The molecule has 0 bridgehead atoms. The minimum absolute atomic E-state index is 0.0409. The van der Waals surface area contributed by atoms with Gasteiger partial charge in [0.15, 0.2) is 0 Å². The standard InChI is InChI=1S/C14H19NO3S/c1-4-10-7-12(19-9(10)2)13(16)15-6-5-11(8-15)14(17)18-3/h7,11H,4-6,8H2,1-3H3. The first kappa shape index (κ1) is 14.1. The van der Waals surface area contributed by atoms with Gasteiger partial charge in [0, 0.05) is 18.0 Å². The number of amides is 1. The number of carbonyl (C=O) groups is 2. The summed E-state index contributed by atoms with van der Waals surface area (Å²) < 4.78 is 4.73. The van der Waals surface area contributed by atoms with Crippen LogP contribution in [0.1, 0.15) is 33.5 Å². The molecule has 1 aromatic rings. The average molecular weight is 281 g/mol. The molecule has 2 heterocycles. The van der Waals surface area contributed by atoms with Crippen LogP contribution in [0.3, 0.4) is 0 Å². The Kier molecular flexibility index (Phi) is 4.24. The van der Waals surface area contributed by atoms with E-state index in [4.69, 9.17) is 4.74 Å². The van der Waals surface area contributed by atoms with Crippen LogP contribution in [0.4, 0.5) is 0 Å². The monoisotopic (exact) mass is 281 g/mol. The number of ether oxygens (including phenoxy) is 1. The van der Waals surface area contributed by atoms with Gasteiger partial charge in [-0.2, -0.15) is 0 Å². The Bertz CT molecular complexity index is 495. The molecule has 1 aliphatic rings. The third kappa shape index (κ3) is 2.81. The first-order chi connectivity index (χ1) is 9.06. The summed E-state index contributed by atoms with van der Waals surface area (Å²) in [6.07, 6.45) is 1.64. The van der Waals surface area contributed by atoms with Crippen LogP contribution < -0.4 is 0 Å². The summed E-state index contributed by atoms with van der Waals surface area (Å²) >= 11 is 1.54. The highest BCUT2D eigenvalue weighted by atomic mass is 32.1. The predicted molar refractivity (Wildman–Crippen MR) is 74.5 cm³/mol. The molecule has 19 heavy (non-hydrogen) atoms. The van der Waals surface area contributed by atoms with Crippen molar-refractivity contribution in [3.8, 4) is 0 Å². The molecule has 0 spiro atoms. The zero-order chi connectivity index (χ0) is 14.0. The van der Waals surface area contributed by atoms with Crippen LogP contribution in [0, 0.1) is 12.8 Å². The van der Waals surface area contributed by atoms with Crippen LogP contribution >= 0.6 is 11.3 Å². The highest BCUT2D eigenvalue weighted by molar-refractivity contribution is 7.14. The topological polar surface area (TPSA) is 46.6 Å². The summed E-state index contributed by atoms with van der Waals surface area (Å²) in [5, 5.41) is 0. The van der Waals surface area contributed by atoms with E-state index >= 15 is 0 Å². The lowest BCUT2D eigenvalue weighted by Gasteiger charge is -2.14. The number of nitrogens with zero attached hydrogens (tertiary/aromatic N) is 1. The van der Waals surface area contributed by atoms with Crippen LogP contribution in [-0.4, -0.2) is 37.0 Å². The Labute approximate surface area is 117 Å². The third-order valence-corrected chi connectivity index (χ3v) is 4.70. The number of hydrogen-bond acceptors (Lipinski definition) is 4. The second-order valence-corrected chi connectivity index (χ2v) is 6.06.